The van der Waals surface area contributed by atoms with Gasteiger partial charge in [-0.15, -0.1) is 0 Å². The molecule has 1 aromatic rings. The average molecular weight is 253 g/mol. The van der Waals surface area contributed by atoms with Crippen LogP contribution < -0.4 is 5.73 Å². The van der Waals surface area contributed by atoms with E-state index in [-0.39, 0.29) is 28.9 Å². The highest BCUT2D eigenvalue weighted by atomic mass is 19.2. The Morgan fingerprint density at radius 3 is 2.56 bits per heavy atom. The maximum atomic E-state index is 13.8. The van der Waals surface area contributed by atoms with Gasteiger partial charge in [-0.3, -0.25) is 4.79 Å². The van der Waals surface area contributed by atoms with Crippen LogP contribution in [0, 0.1) is 24.5 Å². The van der Waals surface area contributed by atoms with Crippen LogP contribution in [0.3, 0.4) is 0 Å². The van der Waals surface area contributed by atoms with E-state index < -0.39 is 11.6 Å². The second kappa shape index (κ2) is 5.14. The molecule has 2 rings (SSSR count). The normalized spacial score (nSPS) is 24.0. The highest BCUT2D eigenvalue weighted by Crippen LogP contribution is 2.28. The number of nitrogens with two attached hydrogens (primary N) is 1. The molecule has 1 saturated carbocycles. The fourth-order valence-corrected chi connectivity index (χ4v) is 2.52. The molecule has 2 N–H and O–H groups in total. The minimum atomic E-state index is -1.04. The van der Waals surface area contributed by atoms with Crippen LogP contribution in [0.1, 0.15) is 41.6 Å². The number of halogens is 2. The fourth-order valence-electron chi connectivity index (χ4n) is 2.52. The van der Waals surface area contributed by atoms with Gasteiger partial charge in [0, 0.05) is 12.0 Å². The van der Waals surface area contributed by atoms with Crippen molar-refractivity contribution in [2.75, 3.05) is 0 Å². The van der Waals surface area contributed by atoms with Crippen LogP contribution in [-0.2, 0) is 0 Å². The van der Waals surface area contributed by atoms with Crippen LogP contribution >= 0.6 is 0 Å². The summed E-state index contributed by atoms with van der Waals surface area (Å²) in [5.41, 5.74) is 5.94. The molecule has 2 atom stereocenters. The summed E-state index contributed by atoms with van der Waals surface area (Å²) < 4.78 is 27.2. The highest BCUT2D eigenvalue weighted by molar-refractivity contribution is 5.98. The zero-order valence-corrected chi connectivity index (χ0v) is 10.4. The van der Waals surface area contributed by atoms with Gasteiger partial charge in [0.05, 0.1) is 5.56 Å². The average Bonchev–Trinajstić information content (AvgIpc) is 2.36. The van der Waals surface area contributed by atoms with E-state index in [1.807, 2.05) is 0 Å². The maximum Gasteiger partial charge on any atom is 0.170 e. The van der Waals surface area contributed by atoms with Crippen molar-refractivity contribution in [3.05, 3.63) is 34.9 Å². The second-order valence-corrected chi connectivity index (χ2v) is 4.98. The van der Waals surface area contributed by atoms with E-state index >= 15 is 0 Å². The Balaban J connectivity index is 2.31. The van der Waals surface area contributed by atoms with E-state index in [2.05, 4.69) is 0 Å². The quantitative estimate of drug-likeness (QED) is 0.823. The molecule has 0 radical (unpaired) electrons. The summed E-state index contributed by atoms with van der Waals surface area (Å²) in [6.45, 7) is 1.47. The van der Waals surface area contributed by atoms with Gasteiger partial charge in [0.15, 0.2) is 17.4 Å². The lowest BCUT2D eigenvalue weighted by Crippen LogP contribution is -2.38. The number of hydrogen-bond donors (Lipinski definition) is 1. The van der Waals surface area contributed by atoms with Gasteiger partial charge in [0.1, 0.15) is 0 Å². The number of carbonyl (C=O) groups excluding carboxylic acids is 1. The predicted octanol–water partition coefficient (Wildman–Crippen LogP) is 2.97. The molecule has 1 aliphatic carbocycles. The van der Waals surface area contributed by atoms with Crippen molar-refractivity contribution in [3.8, 4) is 0 Å². The van der Waals surface area contributed by atoms with E-state index in [1.54, 1.807) is 0 Å². The molecule has 0 saturated heterocycles. The van der Waals surface area contributed by atoms with Gasteiger partial charge in [-0.25, -0.2) is 8.78 Å². The van der Waals surface area contributed by atoms with E-state index in [0.717, 1.165) is 19.3 Å². The number of hydrogen-bond acceptors (Lipinski definition) is 2. The Morgan fingerprint density at radius 1 is 1.22 bits per heavy atom. The van der Waals surface area contributed by atoms with Crippen molar-refractivity contribution in [3.63, 3.8) is 0 Å². The number of carbonyl (C=O) groups is 1. The van der Waals surface area contributed by atoms with Gasteiger partial charge in [-0.05, 0) is 31.4 Å². The van der Waals surface area contributed by atoms with E-state index in [1.165, 1.54) is 19.1 Å². The molecule has 0 amide bonds. The third-order valence-corrected chi connectivity index (χ3v) is 3.70. The molecule has 0 spiro atoms. The van der Waals surface area contributed by atoms with Crippen molar-refractivity contribution >= 4 is 5.78 Å². The molecule has 2 nitrogen and oxygen atoms in total. The molecule has 18 heavy (non-hydrogen) atoms. The third-order valence-electron chi connectivity index (χ3n) is 3.70. The molecule has 1 aliphatic rings. The first-order chi connectivity index (χ1) is 8.52. The Morgan fingerprint density at radius 2 is 1.89 bits per heavy atom. The van der Waals surface area contributed by atoms with Crippen LogP contribution in [0.15, 0.2) is 12.1 Å². The summed E-state index contributed by atoms with van der Waals surface area (Å²) in [5, 5.41) is 0. The zero-order chi connectivity index (χ0) is 13.3. The second-order valence-electron chi connectivity index (χ2n) is 4.98. The number of Topliss-reactive ketones (excluding diaryl/α,β-unsaturated/α-hetero) is 1. The standard InChI is InChI=1S/C14H17F2NO/c1-8-6-7-10(13(16)12(8)15)14(18)9-4-2-3-5-11(9)17/h6-7,9,11H,2-5,17H2,1H3. The van der Waals surface area contributed by atoms with Crippen LogP contribution in [0.4, 0.5) is 8.78 Å². The first-order valence-corrected chi connectivity index (χ1v) is 6.26. The molecule has 98 valence electrons. The third kappa shape index (κ3) is 2.29. The molecule has 4 heteroatoms. The molecule has 0 bridgehead atoms. The zero-order valence-electron chi connectivity index (χ0n) is 10.4. The molecule has 0 heterocycles. The number of aryl methyl sites for hydroxylation is 1. The first kappa shape index (κ1) is 13.1. The van der Waals surface area contributed by atoms with Crippen LogP contribution in [0.2, 0.25) is 0 Å². The predicted molar refractivity (Wildman–Crippen MR) is 65.4 cm³/mol. The Kier molecular flexibility index (Phi) is 3.76. The van der Waals surface area contributed by atoms with Gasteiger partial charge < -0.3 is 5.73 Å². The van der Waals surface area contributed by atoms with Crippen LogP contribution in [-0.4, -0.2) is 11.8 Å². The largest absolute Gasteiger partial charge is 0.327 e. The van der Waals surface area contributed by atoms with E-state index in [4.69, 9.17) is 5.73 Å². The maximum absolute atomic E-state index is 13.8. The Labute approximate surface area is 105 Å². The molecule has 1 fully saturated rings. The molecule has 2 unspecified atom stereocenters. The van der Waals surface area contributed by atoms with Gasteiger partial charge >= 0.3 is 0 Å². The first-order valence-electron chi connectivity index (χ1n) is 6.26. The summed E-state index contributed by atoms with van der Waals surface area (Å²) >= 11 is 0. The molecule has 0 aromatic heterocycles. The van der Waals surface area contributed by atoms with Crippen molar-refractivity contribution < 1.29 is 13.6 Å². The highest BCUT2D eigenvalue weighted by Gasteiger charge is 2.31. The summed E-state index contributed by atoms with van der Waals surface area (Å²) in [7, 11) is 0. The van der Waals surface area contributed by atoms with Gasteiger partial charge in [-0.1, -0.05) is 18.9 Å². The van der Waals surface area contributed by atoms with Crippen molar-refractivity contribution in [1.29, 1.82) is 0 Å². The molecule has 1 aromatic carbocycles. The van der Waals surface area contributed by atoms with Crippen LogP contribution in [0.25, 0.3) is 0 Å². The van der Waals surface area contributed by atoms with E-state index in [0.29, 0.717) is 6.42 Å². The minimum Gasteiger partial charge on any atom is -0.327 e. The molecule has 0 aliphatic heterocycles. The molecular formula is C14H17F2NO. The number of rotatable bonds is 2. The minimum absolute atomic E-state index is 0.166. The Hall–Kier alpha value is -1.29. The fraction of sp³-hybridized carbons (Fsp3) is 0.500. The van der Waals surface area contributed by atoms with Gasteiger partial charge in [-0.2, -0.15) is 0 Å². The van der Waals surface area contributed by atoms with Crippen LogP contribution in [0.5, 0.6) is 0 Å². The lowest BCUT2D eigenvalue weighted by atomic mass is 9.80. The number of benzene rings is 1. The SMILES string of the molecule is Cc1ccc(C(=O)C2CCCCC2N)c(F)c1F. The van der Waals surface area contributed by atoms with Crippen molar-refractivity contribution in [2.45, 2.75) is 38.6 Å². The Bertz CT molecular complexity index is 473. The number of ketones is 1. The van der Waals surface area contributed by atoms with E-state index in [9.17, 15) is 13.6 Å². The van der Waals surface area contributed by atoms with Crippen molar-refractivity contribution in [1.82, 2.24) is 0 Å². The topological polar surface area (TPSA) is 43.1 Å². The lowest BCUT2D eigenvalue weighted by Gasteiger charge is -2.27. The summed E-state index contributed by atoms with van der Waals surface area (Å²) in [6, 6.07) is 2.55. The summed E-state index contributed by atoms with van der Waals surface area (Å²) in [6.07, 6.45) is 3.34. The van der Waals surface area contributed by atoms with Gasteiger partial charge in [0.25, 0.3) is 0 Å². The smallest absolute Gasteiger partial charge is 0.170 e. The molecular weight excluding hydrogens is 236 g/mol. The lowest BCUT2D eigenvalue weighted by molar-refractivity contribution is 0.0865. The summed E-state index contributed by atoms with van der Waals surface area (Å²) in [5.74, 6) is -2.73. The summed E-state index contributed by atoms with van der Waals surface area (Å²) in [4.78, 5) is 12.2. The van der Waals surface area contributed by atoms with Crippen molar-refractivity contribution in [2.24, 2.45) is 11.7 Å². The monoisotopic (exact) mass is 253 g/mol. The van der Waals surface area contributed by atoms with Gasteiger partial charge in [0.2, 0.25) is 0 Å².